The van der Waals surface area contributed by atoms with Gasteiger partial charge in [-0.25, -0.2) is 4.57 Å². The number of hydrogen-bond acceptors (Lipinski definition) is 2. The highest BCUT2D eigenvalue weighted by molar-refractivity contribution is 5.94. The van der Waals surface area contributed by atoms with Crippen molar-refractivity contribution in [1.82, 2.24) is 0 Å². The van der Waals surface area contributed by atoms with Crippen molar-refractivity contribution in [2.75, 3.05) is 7.11 Å². The molecule has 0 fully saturated rings. The van der Waals surface area contributed by atoms with Gasteiger partial charge >= 0.3 is 0 Å². The Kier molecular flexibility index (Phi) is 4.51. The normalized spacial score (nSPS) is 10.3. The monoisotopic (exact) mass is 270 g/mol. The van der Waals surface area contributed by atoms with E-state index in [-0.39, 0.29) is 5.78 Å². The van der Waals surface area contributed by atoms with Crippen molar-refractivity contribution in [2.45, 2.75) is 26.8 Å². The van der Waals surface area contributed by atoms with Gasteiger partial charge in [-0.2, -0.15) is 0 Å². The van der Waals surface area contributed by atoms with E-state index in [4.69, 9.17) is 4.74 Å². The van der Waals surface area contributed by atoms with Gasteiger partial charge in [-0.1, -0.05) is 6.92 Å². The quantitative estimate of drug-likeness (QED) is 0.618. The van der Waals surface area contributed by atoms with Crippen LogP contribution in [0, 0.1) is 0 Å². The number of carbonyl (C=O) groups is 1. The van der Waals surface area contributed by atoms with Gasteiger partial charge in [0.1, 0.15) is 5.75 Å². The molecule has 2 aromatic rings. The van der Waals surface area contributed by atoms with Gasteiger partial charge in [0, 0.05) is 17.7 Å². The van der Waals surface area contributed by atoms with Crippen LogP contribution in [0.25, 0.3) is 0 Å². The third-order valence-electron chi connectivity index (χ3n) is 3.41. The Morgan fingerprint density at radius 1 is 1.20 bits per heavy atom. The van der Waals surface area contributed by atoms with Crippen molar-refractivity contribution in [3.63, 3.8) is 0 Å². The second-order valence-corrected chi connectivity index (χ2v) is 4.82. The molecule has 0 aliphatic carbocycles. The summed E-state index contributed by atoms with van der Waals surface area (Å²) in [5, 5.41) is 0. The Bertz CT molecular complexity index is 603. The van der Waals surface area contributed by atoms with E-state index in [9.17, 15) is 4.79 Å². The lowest BCUT2D eigenvalue weighted by molar-refractivity contribution is -0.688. The summed E-state index contributed by atoms with van der Waals surface area (Å²) in [5.74, 6) is 0.877. The van der Waals surface area contributed by atoms with E-state index in [1.807, 2.05) is 12.1 Å². The van der Waals surface area contributed by atoms with Crippen LogP contribution in [0.1, 0.15) is 35.3 Å². The van der Waals surface area contributed by atoms with Crippen LogP contribution in [0.3, 0.4) is 0 Å². The van der Waals surface area contributed by atoms with Crippen molar-refractivity contribution in [1.29, 1.82) is 0 Å². The molecule has 1 heterocycles. The molecule has 0 aliphatic rings. The molecule has 0 spiro atoms. The second-order valence-electron chi connectivity index (χ2n) is 4.82. The van der Waals surface area contributed by atoms with Gasteiger partial charge in [-0.05, 0) is 37.1 Å². The standard InChI is InChI=1S/C17H20NO2/c1-4-14-7-9-18(10-8-14)12-16-11-15(13(2)19)5-6-17(16)20-3/h5-11H,4,12H2,1-3H3/q+1. The number of hydrogen-bond donors (Lipinski definition) is 0. The number of pyridine rings is 1. The third kappa shape index (κ3) is 3.23. The SMILES string of the molecule is CCc1cc[n+](Cc2cc(C(C)=O)ccc2OC)cc1. The lowest BCUT2D eigenvalue weighted by Crippen LogP contribution is -2.33. The fourth-order valence-electron chi connectivity index (χ4n) is 2.15. The molecule has 0 bridgehead atoms. The highest BCUT2D eigenvalue weighted by Gasteiger charge is 2.11. The first-order valence-corrected chi connectivity index (χ1v) is 6.80. The van der Waals surface area contributed by atoms with Gasteiger partial charge in [-0.15, -0.1) is 0 Å². The van der Waals surface area contributed by atoms with Crippen LogP contribution >= 0.6 is 0 Å². The van der Waals surface area contributed by atoms with Gasteiger partial charge in [0.05, 0.1) is 12.7 Å². The third-order valence-corrected chi connectivity index (χ3v) is 3.41. The fourth-order valence-corrected chi connectivity index (χ4v) is 2.15. The number of Topliss-reactive ketones (excluding diaryl/α,β-unsaturated/α-hetero) is 1. The van der Waals surface area contributed by atoms with E-state index in [1.165, 1.54) is 5.56 Å². The highest BCUT2D eigenvalue weighted by Crippen LogP contribution is 2.20. The predicted molar refractivity (Wildman–Crippen MR) is 78.1 cm³/mol. The Morgan fingerprint density at radius 3 is 2.45 bits per heavy atom. The molecule has 20 heavy (non-hydrogen) atoms. The van der Waals surface area contributed by atoms with Gasteiger partial charge < -0.3 is 4.74 Å². The molecule has 1 aromatic carbocycles. The Morgan fingerprint density at radius 2 is 1.90 bits per heavy atom. The maximum Gasteiger partial charge on any atom is 0.177 e. The van der Waals surface area contributed by atoms with E-state index in [2.05, 4.69) is 36.0 Å². The predicted octanol–water partition coefficient (Wildman–Crippen LogP) is 2.80. The zero-order valence-electron chi connectivity index (χ0n) is 12.2. The van der Waals surface area contributed by atoms with Crippen molar-refractivity contribution in [3.8, 4) is 5.75 Å². The molecule has 0 saturated carbocycles. The summed E-state index contributed by atoms with van der Waals surface area (Å²) in [6.45, 7) is 4.40. The van der Waals surface area contributed by atoms with Crippen LogP contribution in [0.5, 0.6) is 5.75 Å². The summed E-state index contributed by atoms with van der Waals surface area (Å²) < 4.78 is 7.46. The van der Waals surface area contributed by atoms with Crippen molar-refractivity contribution < 1.29 is 14.1 Å². The minimum atomic E-state index is 0.0697. The number of carbonyl (C=O) groups excluding carboxylic acids is 1. The largest absolute Gasteiger partial charge is 0.496 e. The van der Waals surface area contributed by atoms with E-state index >= 15 is 0 Å². The number of aryl methyl sites for hydroxylation is 1. The zero-order chi connectivity index (χ0) is 14.5. The van der Waals surface area contributed by atoms with Crippen LogP contribution in [0.2, 0.25) is 0 Å². The van der Waals surface area contributed by atoms with Gasteiger partial charge in [0.2, 0.25) is 0 Å². The Hall–Kier alpha value is -2.16. The minimum absolute atomic E-state index is 0.0697. The number of methoxy groups -OCH3 is 1. The van der Waals surface area contributed by atoms with Crippen molar-refractivity contribution in [2.24, 2.45) is 0 Å². The Labute approximate surface area is 119 Å². The van der Waals surface area contributed by atoms with Crippen LogP contribution in [0.15, 0.2) is 42.7 Å². The smallest absolute Gasteiger partial charge is 0.177 e. The molecule has 3 nitrogen and oxygen atoms in total. The average Bonchev–Trinajstić information content (AvgIpc) is 2.48. The van der Waals surface area contributed by atoms with E-state index in [0.717, 1.165) is 17.7 Å². The van der Waals surface area contributed by atoms with E-state index in [0.29, 0.717) is 12.1 Å². The van der Waals surface area contributed by atoms with Gasteiger partial charge in [-0.3, -0.25) is 4.79 Å². The van der Waals surface area contributed by atoms with Gasteiger partial charge in [0.25, 0.3) is 0 Å². The number of ketones is 1. The van der Waals surface area contributed by atoms with Crippen molar-refractivity contribution >= 4 is 5.78 Å². The maximum atomic E-state index is 11.5. The number of nitrogens with zero attached hydrogens (tertiary/aromatic N) is 1. The lowest BCUT2D eigenvalue weighted by atomic mass is 10.1. The molecule has 0 unspecified atom stereocenters. The molecule has 0 aliphatic heterocycles. The summed E-state index contributed by atoms with van der Waals surface area (Å²) in [6.07, 6.45) is 5.14. The first kappa shape index (κ1) is 14.3. The van der Waals surface area contributed by atoms with E-state index < -0.39 is 0 Å². The molecule has 1 aromatic heterocycles. The number of rotatable bonds is 5. The van der Waals surface area contributed by atoms with Gasteiger partial charge in [0.15, 0.2) is 24.7 Å². The second kappa shape index (κ2) is 6.33. The summed E-state index contributed by atoms with van der Waals surface area (Å²) in [7, 11) is 1.65. The maximum absolute atomic E-state index is 11.5. The molecular weight excluding hydrogens is 250 g/mol. The van der Waals surface area contributed by atoms with Crippen molar-refractivity contribution in [3.05, 3.63) is 59.4 Å². The zero-order valence-corrected chi connectivity index (χ0v) is 12.2. The fraction of sp³-hybridized carbons (Fsp3) is 0.294. The first-order valence-electron chi connectivity index (χ1n) is 6.80. The molecule has 0 N–H and O–H groups in total. The van der Waals surface area contributed by atoms with E-state index in [1.54, 1.807) is 20.1 Å². The summed E-state index contributed by atoms with van der Waals surface area (Å²) in [4.78, 5) is 11.5. The first-order chi connectivity index (χ1) is 9.63. The molecule has 0 amide bonds. The molecule has 0 atom stereocenters. The minimum Gasteiger partial charge on any atom is -0.496 e. The van der Waals surface area contributed by atoms with Crippen LogP contribution in [-0.2, 0) is 13.0 Å². The molecule has 2 rings (SSSR count). The molecule has 0 radical (unpaired) electrons. The molecule has 104 valence electrons. The summed E-state index contributed by atoms with van der Waals surface area (Å²) in [5.41, 5.74) is 3.03. The molecule has 0 saturated heterocycles. The number of ether oxygens (including phenoxy) is 1. The van der Waals surface area contributed by atoms with Crippen LogP contribution in [-0.4, -0.2) is 12.9 Å². The lowest BCUT2D eigenvalue weighted by Gasteiger charge is -2.07. The summed E-state index contributed by atoms with van der Waals surface area (Å²) in [6, 6.07) is 9.78. The highest BCUT2D eigenvalue weighted by atomic mass is 16.5. The Balaban J connectivity index is 2.30. The topological polar surface area (TPSA) is 30.2 Å². The molecule has 3 heteroatoms. The number of aromatic nitrogens is 1. The molecular formula is C17H20NO2+. The average molecular weight is 270 g/mol. The van der Waals surface area contributed by atoms with Crippen LogP contribution < -0.4 is 9.30 Å². The number of benzene rings is 1. The van der Waals surface area contributed by atoms with Crippen LogP contribution in [0.4, 0.5) is 0 Å². The summed E-state index contributed by atoms with van der Waals surface area (Å²) >= 11 is 0.